The van der Waals surface area contributed by atoms with Gasteiger partial charge in [0.05, 0.1) is 24.9 Å². The molecule has 0 aromatic heterocycles. The van der Waals surface area contributed by atoms with Crippen molar-refractivity contribution in [2.45, 2.75) is 30.7 Å². The molecule has 1 unspecified atom stereocenters. The molecule has 4 rings (SSSR count). The Balaban J connectivity index is 1.75. The van der Waals surface area contributed by atoms with Crippen LogP contribution in [0.4, 0.5) is 17.1 Å². The van der Waals surface area contributed by atoms with Crippen molar-refractivity contribution in [1.29, 1.82) is 0 Å². The lowest BCUT2D eigenvalue weighted by molar-refractivity contribution is -0.137. The Morgan fingerprint density at radius 3 is 2.51 bits per heavy atom. The second kappa shape index (κ2) is 11.1. The molecule has 1 aliphatic rings. The van der Waals surface area contributed by atoms with Gasteiger partial charge in [-0.3, -0.25) is 4.79 Å². The summed E-state index contributed by atoms with van der Waals surface area (Å²) in [7, 11) is 1.27. The maximum atomic E-state index is 13.6. The summed E-state index contributed by atoms with van der Waals surface area (Å²) < 4.78 is 34.3. The number of hydrazine groups is 1. The van der Waals surface area contributed by atoms with Crippen LogP contribution in [0.25, 0.3) is 0 Å². The average Bonchev–Trinajstić information content (AvgIpc) is 2.97. The minimum atomic E-state index is -3.75. The van der Waals surface area contributed by atoms with Crippen molar-refractivity contribution >= 4 is 33.1 Å². The molecule has 5 N–H and O–H groups in total. The second-order valence-corrected chi connectivity index (χ2v) is 11.7. The van der Waals surface area contributed by atoms with E-state index in [0.29, 0.717) is 41.5 Å². The number of carboxylic acids is 1. The summed E-state index contributed by atoms with van der Waals surface area (Å²) in [6.07, 6.45) is -0.191. The number of nitrogens with zero attached hydrogens (tertiary/aromatic N) is 3. The summed E-state index contributed by atoms with van der Waals surface area (Å²) >= 11 is 0. The Morgan fingerprint density at radius 2 is 1.85 bits per heavy atom. The molecule has 0 radical (unpaired) electrons. The van der Waals surface area contributed by atoms with Gasteiger partial charge < -0.3 is 25.5 Å². The quantitative estimate of drug-likeness (QED) is 0.218. The standard InChI is InChI=1S/C28H35N5O5S/c1-18-9-10-19(22(16-27(34)35)20-14-23(29)28(32(3)30)25(15-20)38-4)13-21(18)17-33-12-11-31(2)24-7-5-6-8-26(24)39(33,36)37/h5-10,13-15,22H,11-12,16-17,29-30H2,1-4H3,(H,34,35). The van der Waals surface area contributed by atoms with E-state index in [1.54, 1.807) is 31.3 Å². The summed E-state index contributed by atoms with van der Waals surface area (Å²) in [5.41, 5.74) is 10.9. The van der Waals surface area contributed by atoms with Crippen molar-refractivity contribution in [1.82, 2.24) is 4.31 Å². The summed E-state index contributed by atoms with van der Waals surface area (Å²) in [5, 5.41) is 11.1. The number of benzene rings is 3. The van der Waals surface area contributed by atoms with E-state index in [2.05, 4.69) is 0 Å². The highest BCUT2D eigenvalue weighted by Crippen LogP contribution is 2.40. The van der Waals surface area contributed by atoms with Gasteiger partial charge >= 0.3 is 5.97 Å². The Kier molecular flexibility index (Phi) is 8.05. The Morgan fingerprint density at radius 1 is 1.13 bits per heavy atom. The van der Waals surface area contributed by atoms with Crippen LogP contribution >= 0.6 is 0 Å². The van der Waals surface area contributed by atoms with Gasteiger partial charge in [0.1, 0.15) is 16.3 Å². The molecule has 1 aliphatic heterocycles. The van der Waals surface area contributed by atoms with Gasteiger partial charge in [0.2, 0.25) is 10.0 Å². The number of fused-ring (bicyclic) bond motifs is 1. The maximum absolute atomic E-state index is 13.6. The van der Waals surface area contributed by atoms with Crippen LogP contribution in [0.3, 0.4) is 0 Å². The van der Waals surface area contributed by atoms with Gasteiger partial charge in [0.25, 0.3) is 0 Å². The lowest BCUT2D eigenvalue weighted by Gasteiger charge is -2.24. The van der Waals surface area contributed by atoms with Crippen LogP contribution in [-0.2, 0) is 21.4 Å². The molecule has 39 heavy (non-hydrogen) atoms. The van der Waals surface area contributed by atoms with Crippen LogP contribution in [-0.4, -0.2) is 58.1 Å². The van der Waals surface area contributed by atoms with Crippen molar-refractivity contribution in [3.63, 3.8) is 0 Å². The van der Waals surface area contributed by atoms with E-state index in [0.717, 1.165) is 16.7 Å². The number of rotatable bonds is 8. The number of anilines is 3. The average molecular weight is 554 g/mol. The van der Waals surface area contributed by atoms with Crippen molar-refractivity contribution < 1.29 is 23.1 Å². The third-order valence-corrected chi connectivity index (χ3v) is 9.07. The molecular formula is C28H35N5O5S. The number of likely N-dealkylation sites (N-methyl/N-ethyl adjacent to an activating group) is 1. The van der Waals surface area contributed by atoms with Gasteiger partial charge in [-0.05, 0) is 53.4 Å². The van der Waals surface area contributed by atoms with Crippen molar-refractivity contribution in [3.05, 3.63) is 76.9 Å². The first kappa shape index (κ1) is 28.2. The number of carboxylic acid groups (broad SMARTS) is 1. The first-order chi connectivity index (χ1) is 18.4. The molecule has 0 fully saturated rings. The fourth-order valence-corrected chi connectivity index (χ4v) is 6.70. The SMILES string of the molecule is COc1cc(C(CC(=O)O)c2ccc(C)c(CN3CCN(C)c4ccccc4S3(=O)=O)c2)cc(N)c1N(C)N. The largest absolute Gasteiger partial charge is 0.494 e. The third-order valence-electron chi connectivity index (χ3n) is 7.18. The molecule has 0 aliphatic carbocycles. The number of para-hydroxylation sites is 1. The van der Waals surface area contributed by atoms with Gasteiger partial charge in [0.15, 0.2) is 0 Å². The number of hydrogen-bond acceptors (Lipinski definition) is 8. The molecule has 1 heterocycles. The smallest absolute Gasteiger partial charge is 0.304 e. The Hall–Kier alpha value is -3.80. The van der Waals surface area contributed by atoms with E-state index < -0.39 is 21.9 Å². The number of nitrogen functional groups attached to an aromatic ring is 1. The minimum Gasteiger partial charge on any atom is -0.494 e. The number of carbonyl (C=O) groups is 1. The zero-order chi connectivity index (χ0) is 28.5. The number of aliphatic carboxylic acids is 1. The minimum absolute atomic E-state index is 0.159. The lowest BCUT2D eigenvalue weighted by atomic mass is 9.86. The molecule has 1 atom stereocenters. The number of nitrogens with two attached hydrogens (primary N) is 2. The highest BCUT2D eigenvalue weighted by molar-refractivity contribution is 7.89. The predicted octanol–water partition coefficient (Wildman–Crippen LogP) is 3.14. The van der Waals surface area contributed by atoms with Gasteiger partial charge in [-0.1, -0.05) is 30.3 Å². The van der Waals surface area contributed by atoms with Gasteiger partial charge in [-0.25, -0.2) is 14.3 Å². The van der Waals surface area contributed by atoms with E-state index in [1.165, 1.54) is 16.4 Å². The second-order valence-electron chi connectivity index (χ2n) is 9.84. The highest BCUT2D eigenvalue weighted by Gasteiger charge is 2.32. The summed E-state index contributed by atoms with van der Waals surface area (Å²) in [6, 6.07) is 16.1. The highest BCUT2D eigenvalue weighted by atomic mass is 32.2. The number of aryl methyl sites for hydroxylation is 1. The zero-order valence-electron chi connectivity index (χ0n) is 22.6. The summed E-state index contributed by atoms with van der Waals surface area (Å²) in [4.78, 5) is 14.1. The van der Waals surface area contributed by atoms with Crippen LogP contribution in [0.1, 0.15) is 34.6 Å². The van der Waals surface area contributed by atoms with Crippen LogP contribution in [0.2, 0.25) is 0 Å². The van der Waals surface area contributed by atoms with Crippen LogP contribution in [0, 0.1) is 6.92 Å². The van der Waals surface area contributed by atoms with Crippen LogP contribution in [0.15, 0.2) is 59.5 Å². The zero-order valence-corrected chi connectivity index (χ0v) is 23.4. The number of hydrogen-bond donors (Lipinski definition) is 3. The molecule has 10 nitrogen and oxygen atoms in total. The fourth-order valence-electron chi connectivity index (χ4n) is 5.05. The summed E-state index contributed by atoms with van der Waals surface area (Å²) in [6.45, 7) is 2.93. The summed E-state index contributed by atoms with van der Waals surface area (Å²) in [5.74, 6) is 4.82. The topological polar surface area (TPSA) is 142 Å². The lowest BCUT2D eigenvalue weighted by Crippen LogP contribution is -2.33. The molecular weight excluding hydrogens is 518 g/mol. The van der Waals surface area contributed by atoms with Crippen molar-refractivity contribution in [2.24, 2.45) is 5.84 Å². The van der Waals surface area contributed by atoms with Crippen molar-refractivity contribution in [3.8, 4) is 5.75 Å². The monoisotopic (exact) mass is 553 g/mol. The molecule has 11 heteroatoms. The first-order valence-corrected chi connectivity index (χ1v) is 14.0. The van der Waals surface area contributed by atoms with Gasteiger partial charge in [-0.2, -0.15) is 4.31 Å². The van der Waals surface area contributed by atoms with E-state index in [-0.39, 0.29) is 17.9 Å². The Bertz CT molecular complexity index is 1490. The normalized spacial score (nSPS) is 15.8. The molecule has 208 valence electrons. The number of sulfonamides is 1. The van der Waals surface area contributed by atoms with Crippen LogP contribution < -0.4 is 26.2 Å². The van der Waals surface area contributed by atoms with E-state index in [4.69, 9.17) is 16.3 Å². The number of methoxy groups -OCH3 is 1. The fraction of sp³-hybridized carbons (Fsp3) is 0.321. The number of ether oxygens (including phenoxy) is 1. The van der Waals surface area contributed by atoms with Gasteiger partial charge in [-0.15, -0.1) is 0 Å². The molecule has 0 saturated carbocycles. The van der Waals surface area contributed by atoms with Gasteiger partial charge in [0, 0.05) is 39.6 Å². The van der Waals surface area contributed by atoms with Crippen molar-refractivity contribution in [2.75, 3.05) is 49.9 Å². The predicted molar refractivity (Wildman–Crippen MR) is 153 cm³/mol. The Labute approximate surface area is 229 Å². The third kappa shape index (κ3) is 5.65. The molecule has 0 amide bonds. The first-order valence-electron chi connectivity index (χ1n) is 12.5. The van der Waals surface area contributed by atoms with E-state index in [9.17, 15) is 18.3 Å². The molecule has 3 aromatic carbocycles. The molecule has 0 bridgehead atoms. The van der Waals surface area contributed by atoms with E-state index in [1.807, 2.05) is 49.2 Å². The molecule has 3 aromatic rings. The van der Waals surface area contributed by atoms with E-state index >= 15 is 0 Å². The van der Waals surface area contributed by atoms with Crippen LogP contribution in [0.5, 0.6) is 5.75 Å². The molecule has 0 saturated heterocycles. The maximum Gasteiger partial charge on any atom is 0.304 e. The molecule has 0 spiro atoms.